The fraction of sp³-hybridized carbons (Fsp3) is 0.435. The SMILES string of the molecule is Cc1nc(CN2CCCC3(CCc4cnc(-c5ccccc5)nc43)C2)cn1C. The van der Waals surface area contributed by atoms with E-state index in [9.17, 15) is 0 Å². The average molecular weight is 374 g/mol. The molecule has 1 unspecified atom stereocenters. The molecule has 0 N–H and O–H groups in total. The van der Waals surface area contributed by atoms with Crippen molar-refractivity contribution in [3.63, 3.8) is 0 Å². The maximum Gasteiger partial charge on any atom is 0.159 e. The summed E-state index contributed by atoms with van der Waals surface area (Å²) in [6.45, 7) is 5.20. The molecule has 5 nitrogen and oxygen atoms in total. The van der Waals surface area contributed by atoms with Crippen molar-refractivity contribution in [1.29, 1.82) is 0 Å². The van der Waals surface area contributed by atoms with Gasteiger partial charge in [-0.2, -0.15) is 0 Å². The zero-order valence-corrected chi connectivity index (χ0v) is 16.7. The zero-order valence-electron chi connectivity index (χ0n) is 16.7. The van der Waals surface area contributed by atoms with Gasteiger partial charge in [-0.3, -0.25) is 4.90 Å². The van der Waals surface area contributed by atoms with Crippen LogP contribution >= 0.6 is 0 Å². The lowest BCUT2D eigenvalue weighted by Crippen LogP contribution is -2.45. The van der Waals surface area contributed by atoms with Crippen molar-refractivity contribution in [1.82, 2.24) is 24.4 Å². The van der Waals surface area contributed by atoms with Crippen molar-refractivity contribution in [3.05, 3.63) is 65.5 Å². The summed E-state index contributed by atoms with van der Waals surface area (Å²) < 4.78 is 2.11. The first-order chi connectivity index (χ1) is 13.6. The molecule has 1 spiro atoms. The number of likely N-dealkylation sites (tertiary alicyclic amines) is 1. The molecule has 0 saturated carbocycles. The molecule has 1 aliphatic heterocycles. The predicted octanol–water partition coefficient (Wildman–Crippen LogP) is 3.67. The maximum absolute atomic E-state index is 5.10. The second-order valence-electron chi connectivity index (χ2n) is 8.42. The number of fused-ring (bicyclic) bond motifs is 2. The van der Waals surface area contributed by atoms with Crippen molar-refractivity contribution in [3.8, 4) is 11.4 Å². The van der Waals surface area contributed by atoms with Crippen LogP contribution in [0.3, 0.4) is 0 Å². The number of piperidine rings is 1. The molecule has 2 aromatic heterocycles. The minimum Gasteiger partial charge on any atom is -0.338 e. The van der Waals surface area contributed by atoms with Gasteiger partial charge < -0.3 is 4.57 Å². The summed E-state index contributed by atoms with van der Waals surface area (Å²) in [4.78, 5) is 17.1. The number of hydrogen-bond acceptors (Lipinski definition) is 4. The molecule has 5 rings (SSSR count). The number of benzene rings is 1. The lowest BCUT2D eigenvalue weighted by atomic mass is 9.77. The molecule has 144 valence electrons. The van der Waals surface area contributed by atoms with Crippen LogP contribution in [0, 0.1) is 6.92 Å². The van der Waals surface area contributed by atoms with E-state index in [0.717, 1.165) is 43.3 Å². The van der Waals surface area contributed by atoms with E-state index >= 15 is 0 Å². The van der Waals surface area contributed by atoms with Crippen LogP contribution in [0.5, 0.6) is 0 Å². The highest BCUT2D eigenvalue weighted by molar-refractivity contribution is 5.55. The van der Waals surface area contributed by atoms with Gasteiger partial charge in [-0.05, 0) is 44.7 Å². The van der Waals surface area contributed by atoms with Gasteiger partial charge in [0.1, 0.15) is 5.82 Å². The summed E-state index contributed by atoms with van der Waals surface area (Å²) in [5, 5.41) is 0. The fourth-order valence-electron chi connectivity index (χ4n) is 4.96. The van der Waals surface area contributed by atoms with Crippen molar-refractivity contribution in [2.24, 2.45) is 7.05 Å². The van der Waals surface area contributed by atoms with E-state index in [1.807, 2.05) is 6.07 Å². The molecule has 1 saturated heterocycles. The molecule has 3 aromatic rings. The van der Waals surface area contributed by atoms with E-state index in [1.165, 1.54) is 36.2 Å². The minimum absolute atomic E-state index is 0.171. The molecule has 3 heterocycles. The highest BCUT2D eigenvalue weighted by Crippen LogP contribution is 2.44. The maximum atomic E-state index is 5.10. The summed E-state index contributed by atoms with van der Waals surface area (Å²) in [7, 11) is 2.07. The molecule has 2 aliphatic rings. The molecular weight excluding hydrogens is 346 g/mol. The van der Waals surface area contributed by atoms with E-state index in [1.54, 1.807) is 0 Å². The van der Waals surface area contributed by atoms with Gasteiger partial charge in [-0.15, -0.1) is 0 Å². The van der Waals surface area contributed by atoms with Gasteiger partial charge >= 0.3 is 0 Å². The molecule has 0 amide bonds. The Hall–Kier alpha value is -2.53. The molecule has 28 heavy (non-hydrogen) atoms. The number of imidazole rings is 1. The zero-order chi connectivity index (χ0) is 19.1. The average Bonchev–Trinajstić information content (AvgIpc) is 3.22. The van der Waals surface area contributed by atoms with Crippen molar-refractivity contribution in [2.45, 2.75) is 44.6 Å². The molecule has 1 aromatic carbocycles. The first-order valence-corrected chi connectivity index (χ1v) is 10.3. The van der Waals surface area contributed by atoms with Crippen LogP contribution in [-0.2, 0) is 25.4 Å². The Balaban J connectivity index is 1.43. The Labute approximate surface area is 166 Å². The van der Waals surface area contributed by atoms with Crippen LogP contribution in [-0.4, -0.2) is 37.5 Å². The molecule has 5 heteroatoms. The van der Waals surface area contributed by atoms with Gasteiger partial charge in [-0.1, -0.05) is 30.3 Å². The van der Waals surface area contributed by atoms with E-state index in [-0.39, 0.29) is 5.41 Å². The summed E-state index contributed by atoms with van der Waals surface area (Å²) >= 11 is 0. The third-order valence-corrected chi connectivity index (χ3v) is 6.47. The Morgan fingerprint density at radius 3 is 2.75 bits per heavy atom. The molecule has 0 bridgehead atoms. The molecule has 1 atom stereocenters. The number of rotatable bonds is 3. The Morgan fingerprint density at radius 1 is 1.11 bits per heavy atom. The predicted molar refractivity (Wildman–Crippen MR) is 110 cm³/mol. The standard InChI is InChI=1S/C23H27N5/c1-17-25-20(14-27(17)2)15-28-12-6-10-23(16-28)11-9-19-13-24-22(26-21(19)23)18-7-4-3-5-8-18/h3-5,7-8,13-14H,6,9-12,15-16H2,1-2H3. The second kappa shape index (κ2) is 6.82. The largest absolute Gasteiger partial charge is 0.338 e. The Kier molecular flexibility index (Phi) is 4.27. The van der Waals surface area contributed by atoms with Gasteiger partial charge in [0, 0.05) is 43.5 Å². The number of hydrogen-bond donors (Lipinski definition) is 0. The minimum atomic E-state index is 0.171. The van der Waals surface area contributed by atoms with E-state index in [4.69, 9.17) is 9.97 Å². The van der Waals surface area contributed by atoms with Gasteiger partial charge in [0.05, 0.1) is 11.4 Å². The monoisotopic (exact) mass is 373 g/mol. The molecule has 1 aliphatic carbocycles. The second-order valence-corrected chi connectivity index (χ2v) is 8.42. The van der Waals surface area contributed by atoms with Crippen molar-refractivity contribution < 1.29 is 0 Å². The summed E-state index contributed by atoms with van der Waals surface area (Å²) in [5.41, 5.74) is 5.08. The normalized spacial score (nSPS) is 21.9. The van der Waals surface area contributed by atoms with E-state index in [0.29, 0.717) is 0 Å². The van der Waals surface area contributed by atoms with Crippen LogP contribution in [0.25, 0.3) is 11.4 Å². The highest BCUT2D eigenvalue weighted by Gasteiger charge is 2.43. The first kappa shape index (κ1) is 17.6. The lowest BCUT2D eigenvalue weighted by molar-refractivity contribution is 0.135. The smallest absolute Gasteiger partial charge is 0.159 e. The van der Waals surface area contributed by atoms with Gasteiger partial charge in [0.2, 0.25) is 0 Å². The van der Waals surface area contributed by atoms with Crippen LogP contribution in [0.4, 0.5) is 0 Å². The first-order valence-electron chi connectivity index (χ1n) is 10.3. The van der Waals surface area contributed by atoms with Crippen LogP contribution < -0.4 is 0 Å². The third-order valence-electron chi connectivity index (χ3n) is 6.47. The molecular formula is C23H27N5. The van der Waals surface area contributed by atoms with Gasteiger partial charge in [0.25, 0.3) is 0 Å². The molecule has 0 radical (unpaired) electrons. The third kappa shape index (κ3) is 3.04. The van der Waals surface area contributed by atoms with Crippen LogP contribution in [0.15, 0.2) is 42.7 Å². The highest BCUT2D eigenvalue weighted by atomic mass is 15.2. The summed E-state index contributed by atoms with van der Waals surface area (Å²) in [6.07, 6.45) is 8.96. The Morgan fingerprint density at radius 2 is 1.96 bits per heavy atom. The number of aryl methyl sites for hydroxylation is 3. The molecule has 1 fully saturated rings. The van der Waals surface area contributed by atoms with Crippen molar-refractivity contribution in [2.75, 3.05) is 13.1 Å². The number of aromatic nitrogens is 4. The lowest BCUT2D eigenvalue weighted by Gasteiger charge is -2.40. The quantitative estimate of drug-likeness (QED) is 0.703. The van der Waals surface area contributed by atoms with Gasteiger partial charge in [0.15, 0.2) is 5.82 Å². The van der Waals surface area contributed by atoms with Crippen LogP contribution in [0.1, 0.15) is 42.0 Å². The number of nitrogens with zero attached hydrogens (tertiary/aromatic N) is 5. The van der Waals surface area contributed by atoms with Crippen LogP contribution in [0.2, 0.25) is 0 Å². The summed E-state index contributed by atoms with van der Waals surface area (Å²) in [6, 6.07) is 10.3. The van der Waals surface area contributed by atoms with Gasteiger partial charge in [-0.25, -0.2) is 15.0 Å². The van der Waals surface area contributed by atoms with Crippen molar-refractivity contribution >= 4 is 0 Å². The topological polar surface area (TPSA) is 46.8 Å². The van der Waals surface area contributed by atoms with E-state index < -0.39 is 0 Å². The summed E-state index contributed by atoms with van der Waals surface area (Å²) in [5.74, 6) is 1.94. The Bertz CT molecular complexity index is 970. The van der Waals surface area contributed by atoms with E-state index in [2.05, 4.69) is 65.1 Å². The fourth-order valence-corrected chi connectivity index (χ4v) is 4.96.